The lowest BCUT2D eigenvalue weighted by Crippen LogP contribution is -2.55. The molecular weight excluding hydrogens is 588 g/mol. The molecule has 2 aliphatic heterocycles. The van der Waals surface area contributed by atoms with Gasteiger partial charge in [0, 0.05) is 36.3 Å². The molecule has 1 fully saturated rings. The zero-order chi connectivity index (χ0) is 31.8. The number of phenolic OH excluding ortho intramolecular Hbond substituents is 4. The fraction of sp³-hybridized carbons (Fsp3) is 0.229. The minimum atomic E-state index is -0.720. The first kappa shape index (κ1) is 29.2. The number of aromatic hydroxyl groups is 4. The lowest BCUT2D eigenvalue weighted by molar-refractivity contribution is -0.130. The van der Waals surface area contributed by atoms with E-state index < -0.39 is 12.2 Å². The number of benzene rings is 4. The second kappa shape index (κ2) is 12.1. The van der Waals surface area contributed by atoms with Crippen LogP contribution in [0.1, 0.15) is 41.0 Å². The van der Waals surface area contributed by atoms with Crippen LogP contribution in [0, 0.1) is 5.92 Å². The highest BCUT2D eigenvalue weighted by Gasteiger charge is 2.48. The maximum atomic E-state index is 13.4. The van der Waals surface area contributed by atoms with Crippen molar-refractivity contribution >= 4 is 11.6 Å². The highest BCUT2D eigenvalue weighted by Crippen LogP contribution is 2.46. The Bertz CT molecular complexity index is 1860. The average Bonchev–Trinajstić information content (AvgIpc) is 3.52. The molecule has 1 aromatic heterocycles. The summed E-state index contributed by atoms with van der Waals surface area (Å²) in [6.07, 6.45) is 1.29. The Morgan fingerprint density at radius 2 is 1.61 bits per heavy atom. The maximum Gasteiger partial charge on any atom is 0.233 e. The quantitative estimate of drug-likeness (QED) is 0.129. The van der Waals surface area contributed by atoms with E-state index in [0.29, 0.717) is 35.5 Å². The molecular formula is C35H32N4O7. The Balaban J connectivity index is 1.04. The second-order valence-electron chi connectivity index (χ2n) is 11.5. The van der Waals surface area contributed by atoms with E-state index in [2.05, 4.69) is 10.3 Å². The van der Waals surface area contributed by atoms with Gasteiger partial charge in [0.2, 0.25) is 5.91 Å². The number of para-hydroxylation sites is 1. The average molecular weight is 621 g/mol. The fourth-order valence-corrected chi connectivity index (χ4v) is 6.31. The van der Waals surface area contributed by atoms with Gasteiger partial charge in [0.15, 0.2) is 17.6 Å². The van der Waals surface area contributed by atoms with Crippen molar-refractivity contribution in [1.29, 1.82) is 0 Å². The van der Waals surface area contributed by atoms with Gasteiger partial charge >= 0.3 is 0 Å². The van der Waals surface area contributed by atoms with Gasteiger partial charge in [-0.2, -0.15) is 0 Å². The Kier molecular flexibility index (Phi) is 7.67. The maximum absolute atomic E-state index is 13.4. The smallest absolute Gasteiger partial charge is 0.233 e. The van der Waals surface area contributed by atoms with Crippen LogP contribution in [0.15, 0.2) is 97.2 Å². The van der Waals surface area contributed by atoms with E-state index in [-0.39, 0.29) is 53.9 Å². The number of nitrogens with zero attached hydrogens (tertiary/aromatic N) is 4. The highest BCUT2D eigenvalue weighted by atomic mass is 16.5. The molecule has 0 radical (unpaired) electrons. The third-order valence-electron chi connectivity index (χ3n) is 8.59. The Labute approximate surface area is 264 Å². The number of hydrogen-bond acceptors (Lipinski definition) is 9. The van der Waals surface area contributed by atoms with E-state index in [4.69, 9.17) is 9.47 Å². The summed E-state index contributed by atoms with van der Waals surface area (Å²) in [6, 6.07) is 26.7. The summed E-state index contributed by atoms with van der Waals surface area (Å²) in [5.74, 6) is -0.678. The van der Waals surface area contributed by atoms with Crippen molar-refractivity contribution in [2.24, 2.45) is 5.92 Å². The molecule has 2 aliphatic rings. The number of carbonyl (C=O) groups excluding carboxylic acids is 1. The number of rotatable bonds is 9. The molecule has 3 heterocycles. The number of fused-ring (bicyclic) bond motifs is 1. The lowest BCUT2D eigenvalue weighted by Gasteiger charge is -2.47. The van der Waals surface area contributed by atoms with E-state index in [1.54, 1.807) is 16.9 Å². The number of anilines is 1. The molecule has 234 valence electrons. The largest absolute Gasteiger partial charge is 0.508 e. The number of β-lactam (4-membered cyclic amide) rings is 1. The van der Waals surface area contributed by atoms with Crippen LogP contribution in [-0.2, 0) is 29.1 Å². The zero-order valence-electron chi connectivity index (χ0n) is 24.7. The minimum Gasteiger partial charge on any atom is -0.508 e. The zero-order valence-corrected chi connectivity index (χ0v) is 24.7. The van der Waals surface area contributed by atoms with Crippen LogP contribution in [0.5, 0.6) is 28.7 Å². The fourth-order valence-electron chi connectivity index (χ4n) is 6.31. The van der Waals surface area contributed by atoms with Gasteiger partial charge in [-0.05, 0) is 41.8 Å². The summed E-state index contributed by atoms with van der Waals surface area (Å²) < 4.78 is 14.1. The summed E-state index contributed by atoms with van der Waals surface area (Å²) in [7, 11) is 0. The number of phenols is 4. The molecule has 2 unspecified atom stereocenters. The number of aryl methyl sites for hydroxylation is 1. The van der Waals surface area contributed by atoms with E-state index >= 15 is 0 Å². The molecule has 1 saturated heterocycles. The summed E-state index contributed by atoms with van der Waals surface area (Å²) in [5.41, 5.74) is 3.54. The molecule has 0 saturated carbocycles. The van der Waals surface area contributed by atoms with Crippen LogP contribution in [0.4, 0.5) is 5.69 Å². The molecule has 11 nitrogen and oxygen atoms in total. The molecule has 1 amide bonds. The van der Waals surface area contributed by atoms with Crippen LogP contribution in [0.3, 0.4) is 0 Å². The molecule has 0 bridgehead atoms. The Hall–Kier alpha value is -5.55. The van der Waals surface area contributed by atoms with Crippen LogP contribution in [-0.4, -0.2) is 47.4 Å². The predicted octanol–water partition coefficient (Wildman–Crippen LogP) is 5.16. The molecule has 5 aromatic rings. The predicted molar refractivity (Wildman–Crippen MR) is 166 cm³/mol. The number of hydrogen-bond donors (Lipinski definition) is 4. The van der Waals surface area contributed by atoms with Gasteiger partial charge in [-0.3, -0.25) is 9.48 Å². The van der Waals surface area contributed by atoms with Crippen LogP contribution < -0.4 is 9.64 Å². The molecule has 46 heavy (non-hydrogen) atoms. The number of carbonyl (C=O) groups is 1. The molecule has 4 N–H and O–H groups in total. The first-order chi connectivity index (χ1) is 22.4. The van der Waals surface area contributed by atoms with Crippen LogP contribution in [0.2, 0.25) is 0 Å². The monoisotopic (exact) mass is 620 g/mol. The van der Waals surface area contributed by atoms with Crippen molar-refractivity contribution in [3.05, 3.63) is 120 Å². The second-order valence-corrected chi connectivity index (χ2v) is 11.5. The van der Waals surface area contributed by atoms with E-state index in [0.717, 1.165) is 11.3 Å². The topological polar surface area (TPSA) is 150 Å². The number of ether oxygens (including phenoxy) is 2. The number of amides is 1. The van der Waals surface area contributed by atoms with Gasteiger partial charge in [-0.25, -0.2) is 0 Å². The molecule has 4 aromatic carbocycles. The summed E-state index contributed by atoms with van der Waals surface area (Å²) in [4.78, 5) is 15.2. The highest BCUT2D eigenvalue weighted by molar-refractivity contribution is 6.03. The van der Waals surface area contributed by atoms with Gasteiger partial charge in [0.1, 0.15) is 29.0 Å². The van der Waals surface area contributed by atoms with Gasteiger partial charge in [-0.1, -0.05) is 59.8 Å². The lowest BCUT2D eigenvalue weighted by atomic mass is 9.79. The van der Waals surface area contributed by atoms with Gasteiger partial charge in [0.05, 0.1) is 24.8 Å². The van der Waals surface area contributed by atoms with Crippen molar-refractivity contribution in [2.45, 2.75) is 44.2 Å². The van der Waals surface area contributed by atoms with E-state index in [1.807, 2.05) is 65.6 Å². The van der Waals surface area contributed by atoms with Crippen molar-refractivity contribution in [3.63, 3.8) is 0 Å². The molecule has 0 spiro atoms. The van der Waals surface area contributed by atoms with Gasteiger partial charge in [-0.15, -0.1) is 5.10 Å². The molecule has 0 aliphatic carbocycles. The SMILES string of the molecule is O=C1C(CCn2cc(CO[C@H]3Cc4c(O)cc(O)cc4O[C@@H]3c3ccc(O)c(O)c3)nn2)C(c2ccccc2)N1c1ccccc1. The van der Waals surface area contributed by atoms with Crippen molar-refractivity contribution in [2.75, 3.05) is 4.90 Å². The number of aromatic nitrogens is 3. The Morgan fingerprint density at radius 1 is 0.848 bits per heavy atom. The third-order valence-corrected chi connectivity index (χ3v) is 8.59. The molecule has 11 heteroatoms. The van der Waals surface area contributed by atoms with E-state index in [9.17, 15) is 25.2 Å². The summed E-state index contributed by atoms with van der Waals surface area (Å²) >= 11 is 0. The van der Waals surface area contributed by atoms with Crippen molar-refractivity contribution < 1.29 is 34.7 Å². The first-order valence-electron chi connectivity index (χ1n) is 15.0. The first-order valence-corrected chi connectivity index (χ1v) is 15.0. The van der Waals surface area contributed by atoms with E-state index in [1.165, 1.54) is 24.3 Å². The Morgan fingerprint density at radius 3 is 2.37 bits per heavy atom. The normalized spacial score (nSPS) is 20.5. The third kappa shape index (κ3) is 5.56. The van der Waals surface area contributed by atoms with Crippen LogP contribution >= 0.6 is 0 Å². The standard InChI is InChI=1S/C35H32N4O7/c40-25-16-29(42)27-18-32(34(46-31(27)17-25)22-11-12-28(41)30(43)15-22)45-20-23-19-38(37-36-23)14-13-26-33(21-7-3-1-4-8-21)39(35(26)44)24-9-5-2-6-10-24/h1-12,15-17,19,26,32-34,40-43H,13-14,18,20H2/t26?,32-,33?,34+/m0/s1. The van der Waals surface area contributed by atoms with Gasteiger partial charge < -0.3 is 34.8 Å². The summed E-state index contributed by atoms with van der Waals surface area (Å²) in [5, 5.41) is 49.0. The van der Waals surface area contributed by atoms with Gasteiger partial charge in [0.25, 0.3) is 0 Å². The van der Waals surface area contributed by atoms with Crippen LogP contribution in [0.25, 0.3) is 0 Å². The van der Waals surface area contributed by atoms with Crippen molar-refractivity contribution in [1.82, 2.24) is 15.0 Å². The summed E-state index contributed by atoms with van der Waals surface area (Å²) in [6.45, 7) is 0.571. The minimum absolute atomic E-state index is 0.0733. The van der Waals surface area contributed by atoms with Crippen molar-refractivity contribution in [3.8, 4) is 28.7 Å². The molecule has 7 rings (SSSR count). The molecule has 4 atom stereocenters.